The van der Waals surface area contributed by atoms with E-state index in [2.05, 4.69) is 4.57 Å². The Balaban J connectivity index is 1.48. The van der Waals surface area contributed by atoms with Crippen LogP contribution in [0.3, 0.4) is 0 Å². The highest BCUT2D eigenvalue weighted by Crippen LogP contribution is 2.22. The molecule has 0 saturated carbocycles. The Labute approximate surface area is 187 Å². The van der Waals surface area contributed by atoms with E-state index in [0.29, 0.717) is 39.1 Å². The molecule has 0 unspecified atom stereocenters. The number of likely N-dealkylation sites (tertiary alicyclic amines) is 1. The molecule has 1 aliphatic heterocycles. The van der Waals surface area contributed by atoms with Gasteiger partial charge in [-0.3, -0.25) is 9.59 Å². The molecule has 1 amide bonds. The lowest BCUT2D eigenvalue weighted by atomic mass is 9.98. The van der Waals surface area contributed by atoms with Gasteiger partial charge in [0.2, 0.25) is 5.91 Å². The zero-order valence-electron chi connectivity index (χ0n) is 18.3. The van der Waals surface area contributed by atoms with E-state index >= 15 is 0 Å². The van der Waals surface area contributed by atoms with Gasteiger partial charge in [-0.2, -0.15) is 0 Å². The first kappa shape index (κ1) is 22.0. The summed E-state index contributed by atoms with van der Waals surface area (Å²) < 4.78 is 20.5. The molecule has 0 N–H and O–H groups in total. The van der Waals surface area contributed by atoms with Crippen molar-refractivity contribution in [2.75, 3.05) is 19.7 Å². The first-order chi connectivity index (χ1) is 15.5. The van der Waals surface area contributed by atoms with Gasteiger partial charge in [0.05, 0.1) is 23.6 Å². The van der Waals surface area contributed by atoms with Crippen molar-refractivity contribution in [1.82, 2.24) is 14.5 Å². The second-order valence-corrected chi connectivity index (χ2v) is 8.15. The maximum absolute atomic E-state index is 13.3. The van der Waals surface area contributed by atoms with E-state index in [1.165, 1.54) is 12.1 Å². The molecule has 6 nitrogen and oxygen atoms in total. The van der Waals surface area contributed by atoms with Crippen molar-refractivity contribution >= 4 is 22.9 Å². The summed E-state index contributed by atoms with van der Waals surface area (Å²) in [4.78, 5) is 31.6. The van der Waals surface area contributed by atoms with Gasteiger partial charge in [-0.1, -0.05) is 24.3 Å². The van der Waals surface area contributed by atoms with Crippen LogP contribution < -0.4 is 0 Å². The highest BCUT2D eigenvalue weighted by molar-refractivity contribution is 5.79. The lowest BCUT2D eigenvalue weighted by molar-refractivity contribution is -0.151. The van der Waals surface area contributed by atoms with Crippen molar-refractivity contribution in [3.63, 3.8) is 0 Å². The van der Waals surface area contributed by atoms with Crippen LogP contribution >= 0.6 is 0 Å². The van der Waals surface area contributed by atoms with Gasteiger partial charge < -0.3 is 14.2 Å². The van der Waals surface area contributed by atoms with E-state index in [-0.39, 0.29) is 23.6 Å². The second kappa shape index (κ2) is 9.94. The van der Waals surface area contributed by atoms with Gasteiger partial charge in [0, 0.05) is 32.5 Å². The molecule has 2 aromatic carbocycles. The molecule has 2 heterocycles. The van der Waals surface area contributed by atoms with Crippen molar-refractivity contribution in [1.29, 1.82) is 0 Å². The summed E-state index contributed by atoms with van der Waals surface area (Å²) in [7, 11) is 0. The van der Waals surface area contributed by atoms with E-state index in [4.69, 9.17) is 9.72 Å². The average molecular weight is 438 g/mol. The van der Waals surface area contributed by atoms with Crippen LogP contribution in [0.15, 0.2) is 48.5 Å². The van der Waals surface area contributed by atoms with Gasteiger partial charge in [0.25, 0.3) is 0 Å². The lowest BCUT2D eigenvalue weighted by Crippen LogP contribution is -2.43. The number of hydrogen-bond acceptors (Lipinski definition) is 4. The Morgan fingerprint density at radius 3 is 2.72 bits per heavy atom. The number of imidazole rings is 1. The Morgan fingerprint density at radius 2 is 1.94 bits per heavy atom. The number of benzene rings is 2. The smallest absolute Gasteiger partial charge is 0.310 e. The Bertz CT molecular complexity index is 1090. The number of hydrogen-bond donors (Lipinski definition) is 0. The average Bonchev–Trinajstić information content (AvgIpc) is 3.16. The fraction of sp³-hybridized carbons (Fsp3) is 0.400. The molecular weight excluding hydrogens is 409 g/mol. The SMILES string of the molecule is CCOC(=O)[C@H]1CCCN(C(=O)CCn2c(Cc3ccc(F)cc3)nc3ccccc32)C1. The van der Waals surface area contributed by atoms with Gasteiger partial charge in [0.15, 0.2) is 0 Å². The number of nitrogens with zero attached hydrogens (tertiary/aromatic N) is 3. The quantitative estimate of drug-likeness (QED) is 0.525. The summed E-state index contributed by atoms with van der Waals surface area (Å²) in [5.41, 5.74) is 2.81. The molecule has 7 heteroatoms. The van der Waals surface area contributed by atoms with E-state index in [0.717, 1.165) is 35.3 Å². The van der Waals surface area contributed by atoms with Gasteiger partial charge >= 0.3 is 5.97 Å². The molecule has 1 aromatic heterocycles. The normalized spacial score (nSPS) is 16.3. The molecule has 1 aliphatic rings. The molecule has 3 aromatic rings. The van der Waals surface area contributed by atoms with E-state index in [1.54, 1.807) is 24.0 Å². The van der Waals surface area contributed by atoms with Crippen molar-refractivity contribution < 1.29 is 18.7 Å². The molecule has 1 fully saturated rings. The highest BCUT2D eigenvalue weighted by Gasteiger charge is 2.29. The van der Waals surface area contributed by atoms with Crippen LogP contribution in [0, 0.1) is 11.7 Å². The molecule has 0 bridgehead atoms. The van der Waals surface area contributed by atoms with Crippen molar-refractivity contribution in [3.8, 4) is 0 Å². The minimum atomic E-state index is -0.268. The Kier molecular flexibility index (Phi) is 6.83. The first-order valence-electron chi connectivity index (χ1n) is 11.2. The van der Waals surface area contributed by atoms with Crippen LogP contribution in [-0.2, 0) is 27.3 Å². The third-order valence-corrected chi connectivity index (χ3v) is 5.95. The number of piperidine rings is 1. The molecule has 1 atom stereocenters. The highest BCUT2D eigenvalue weighted by atomic mass is 19.1. The van der Waals surface area contributed by atoms with Gasteiger partial charge in [-0.15, -0.1) is 0 Å². The number of aromatic nitrogens is 2. The zero-order valence-corrected chi connectivity index (χ0v) is 18.3. The number of rotatable bonds is 7. The van der Waals surface area contributed by atoms with E-state index < -0.39 is 0 Å². The molecular formula is C25H28FN3O3. The van der Waals surface area contributed by atoms with Gasteiger partial charge in [-0.05, 0) is 49.6 Å². The topological polar surface area (TPSA) is 64.4 Å². The fourth-order valence-corrected chi connectivity index (χ4v) is 4.32. The van der Waals surface area contributed by atoms with Crippen molar-refractivity contribution in [2.45, 2.75) is 39.2 Å². The summed E-state index contributed by atoms with van der Waals surface area (Å²) in [6.07, 6.45) is 2.44. The maximum Gasteiger partial charge on any atom is 0.310 e. The predicted molar refractivity (Wildman–Crippen MR) is 119 cm³/mol. The summed E-state index contributed by atoms with van der Waals surface area (Å²) in [5.74, 6) is 0.150. The molecule has 0 spiro atoms. The van der Waals surface area contributed by atoms with Crippen LogP contribution in [0.25, 0.3) is 11.0 Å². The van der Waals surface area contributed by atoms with Gasteiger partial charge in [0.1, 0.15) is 11.6 Å². The summed E-state index contributed by atoms with van der Waals surface area (Å²) in [6, 6.07) is 14.3. The minimum absolute atomic E-state index is 0.0320. The zero-order chi connectivity index (χ0) is 22.5. The molecule has 32 heavy (non-hydrogen) atoms. The molecule has 168 valence electrons. The number of fused-ring (bicyclic) bond motifs is 1. The molecule has 4 rings (SSSR count). The summed E-state index contributed by atoms with van der Waals surface area (Å²) >= 11 is 0. The number of aryl methyl sites for hydroxylation is 1. The number of carbonyl (C=O) groups is 2. The third-order valence-electron chi connectivity index (χ3n) is 5.95. The number of halogens is 1. The largest absolute Gasteiger partial charge is 0.466 e. The minimum Gasteiger partial charge on any atom is -0.466 e. The van der Waals surface area contributed by atoms with Crippen LogP contribution in [0.2, 0.25) is 0 Å². The van der Waals surface area contributed by atoms with Crippen LogP contribution in [-0.4, -0.2) is 46.0 Å². The molecule has 0 aliphatic carbocycles. The first-order valence-corrected chi connectivity index (χ1v) is 11.2. The van der Waals surface area contributed by atoms with Crippen molar-refractivity contribution in [3.05, 3.63) is 65.7 Å². The van der Waals surface area contributed by atoms with Crippen LogP contribution in [0.4, 0.5) is 4.39 Å². The lowest BCUT2D eigenvalue weighted by Gasteiger charge is -2.31. The maximum atomic E-state index is 13.3. The van der Waals surface area contributed by atoms with Crippen LogP contribution in [0.5, 0.6) is 0 Å². The molecule has 0 radical (unpaired) electrons. The fourth-order valence-electron chi connectivity index (χ4n) is 4.32. The predicted octanol–water partition coefficient (Wildman–Crippen LogP) is 3.96. The molecule has 1 saturated heterocycles. The summed E-state index contributed by atoms with van der Waals surface area (Å²) in [6.45, 7) is 3.74. The number of amides is 1. The monoisotopic (exact) mass is 437 g/mol. The Hall–Kier alpha value is -3.22. The number of para-hydroxylation sites is 2. The number of esters is 1. The third kappa shape index (κ3) is 4.98. The number of carbonyl (C=O) groups excluding carboxylic acids is 2. The second-order valence-electron chi connectivity index (χ2n) is 8.15. The van der Waals surface area contributed by atoms with Crippen LogP contribution in [0.1, 0.15) is 37.6 Å². The van der Waals surface area contributed by atoms with Crippen molar-refractivity contribution in [2.24, 2.45) is 5.92 Å². The summed E-state index contributed by atoms with van der Waals surface area (Å²) in [5, 5.41) is 0. The van der Waals surface area contributed by atoms with Gasteiger partial charge in [-0.25, -0.2) is 9.37 Å². The Morgan fingerprint density at radius 1 is 1.16 bits per heavy atom. The number of ether oxygens (including phenoxy) is 1. The standard InChI is InChI=1S/C25H28FN3O3/c1-2-32-25(31)19-6-5-14-28(17-19)24(30)13-15-29-22-8-4-3-7-21(22)27-23(29)16-18-9-11-20(26)12-10-18/h3-4,7-12,19H,2,5-6,13-17H2,1H3/t19-/m0/s1. The van der Waals surface area contributed by atoms with E-state index in [1.807, 2.05) is 24.3 Å². The van der Waals surface area contributed by atoms with E-state index in [9.17, 15) is 14.0 Å².